The predicted octanol–water partition coefficient (Wildman–Crippen LogP) is 3.89. The van der Waals surface area contributed by atoms with Gasteiger partial charge < -0.3 is 9.64 Å². The highest BCUT2D eigenvalue weighted by Gasteiger charge is 2.26. The molecule has 10 heteroatoms. The molecule has 0 bridgehead atoms. The molecular weight excluding hydrogens is 459 g/mol. The van der Waals surface area contributed by atoms with Gasteiger partial charge in [-0.25, -0.2) is 14.4 Å². The molecule has 1 atom stereocenters. The topological polar surface area (TPSA) is 78.1 Å². The maximum Gasteiger partial charge on any atom is 0.261 e. The number of benzene rings is 1. The number of fused-ring (bicyclic) bond motifs is 1. The lowest BCUT2D eigenvalue weighted by molar-refractivity contribution is 0.0395. The minimum absolute atomic E-state index is 0.179. The highest BCUT2D eigenvalue weighted by Crippen LogP contribution is 2.33. The van der Waals surface area contributed by atoms with Crippen LogP contribution in [0.2, 0.25) is 5.02 Å². The highest BCUT2D eigenvalue weighted by molar-refractivity contribution is 6.30. The van der Waals surface area contributed by atoms with Crippen LogP contribution >= 0.6 is 11.6 Å². The van der Waals surface area contributed by atoms with Crippen LogP contribution in [-0.4, -0.2) is 44.0 Å². The van der Waals surface area contributed by atoms with E-state index in [4.69, 9.17) is 21.3 Å². The van der Waals surface area contributed by atoms with Gasteiger partial charge in [0.1, 0.15) is 34.8 Å². The zero-order valence-corrected chi connectivity index (χ0v) is 19.9. The predicted molar refractivity (Wildman–Crippen MR) is 129 cm³/mol. The molecule has 8 nitrogen and oxygen atoms in total. The van der Waals surface area contributed by atoms with Gasteiger partial charge in [0, 0.05) is 49.0 Å². The second-order valence-corrected chi connectivity index (χ2v) is 8.75. The Hall–Kier alpha value is -3.30. The molecule has 3 aromatic heterocycles. The first-order chi connectivity index (χ1) is 16.4. The summed E-state index contributed by atoms with van der Waals surface area (Å²) in [5.41, 5.74) is 1.71. The van der Waals surface area contributed by atoms with Crippen molar-refractivity contribution in [3.63, 3.8) is 0 Å². The Labute approximate surface area is 200 Å². The van der Waals surface area contributed by atoms with Crippen molar-refractivity contribution in [3.8, 4) is 11.3 Å². The highest BCUT2D eigenvalue weighted by atomic mass is 35.5. The van der Waals surface area contributed by atoms with E-state index in [-0.39, 0.29) is 22.2 Å². The monoisotopic (exact) mass is 482 g/mol. The third kappa shape index (κ3) is 3.95. The molecule has 34 heavy (non-hydrogen) atoms. The smallest absolute Gasteiger partial charge is 0.261 e. The molecule has 0 radical (unpaired) electrons. The van der Waals surface area contributed by atoms with Gasteiger partial charge in [0.25, 0.3) is 5.56 Å². The van der Waals surface area contributed by atoms with E-state index >= 15 is 0 Å². The molecule has 176 valence electrons. The molecule has 5 rings (SSSR count). The Morgan fingerprint density at radius 3 is 2.79 bits per heavy atom. The van der Waals surface area contributed by atoms with Crippen LogP contribution in [0, 0.1) is 12.7 Å². The van der Waals surface area contributed by atoms with E-state index in [0.29, 0.717) is 54.5 Å². The molecule has 0 unspecified atom stereocenters. The summed E-state index contributed by atoms with van der Waals surface area (Å²) in [6.07, 6.45) is 3.51. The fraction of sp³-hybridized carbons (Fsp3) is 0.333. The number of aromatic nitrogens is 5. The van der Waals surface area contributed by atoms with Crippen LogP contribution in [0.5, 0.6) is 0 Å². The summed E-state index contributed by atoms with van der Waals surface area (Å²) in [6, 6.07) is 6.17. The molecule has 1 saturated heterocycles. The second kappa shape index (κ2) is 8.81. The van der Waals surface area contributed by atoms with Crippen LogP contribution in [0.25, 0.3) is 22.2 Å². The van der Waals surface area contributed by atoms with E-state index in [2.05, 4.69) is 10.1 Å². The molecule has 0 amide bonds. The lowest BCUT2D eigenvalue weighted by atomic mass is 10.1. The van der Waals surface area contributed by atoms with E-state index < -0.39 is 5.82 Å². The molecule has 0 spiro atoms. The van der Waals surface area contributed by atoms with E-state index in [9.17, 15) is 9.18 Å². The van der Waals surface area contributed by atoms with Crippen LogP contribution in [0.4, 0.5) is 10.2 Å². The number of anilines is 1. The second-order valence-electron chi connectivity index (χ2n) is 8.31. The van der Waals surface area contributed by atoms with E-state index in [1.54, 1.807) is 40.6 Å². The van der Waals surface area contributed by atoms with E-state index in [1.807, 2.05) is 25.1 Å². The molecule has 4 heterocycles. The molecule has 1 aromatic carbocycles. The molecule has 1 aliphatic heterocycles. The molecule has 1 fully saturated rings. The number of hydrogen-bond donors (Lipinski definition) is 0. The number of nitrogens with zero attached hydrogens (tertiary/aromatic N) is 6. The summed E-state index contributed by atoms with van der Waals surface area (Å²) in [5, 5.41) is 4.92. The fourth-order valence-corrected chi connectivity index (χ4v) is 4.54. The Bertz CT molecular complexity index is 1450. The maximum atomic E-state index is 15.0. The Balaban J connectivity index is 1.68. The van der Waals surface area contributed by atoms with E-state index in [0.717, 1.165) is 5.56 Å². The minimum atomic E-state index is -0.521. The summed E-state index contributed by atoms with van der Waals surface area (Å²) in [5.74, 6) is 0.598. The van der Waals surface area contributed by atoms with Gasteiger partial charge in [-0.15, -0.1) is 0 Å². The van der Waals surface area contributed by atoms with Crippen molar-refractivity contribution in [2.75, 3.05) is 24.6 Å². The molecule has 0 N–H and O–H groups in total. The maximum absolute atomic E-state index is 15.0. The number of rotatable bonds is 4. The molecular formula is C24H24ClFN6O2. The first-order valence-electron chi connectivity index (χ1n) is 11.1. The summed E-state index contributed by atoms with van der Waals surface area (Å²) in [7, 11) is 1.86. The van der Waals surface area contributed by atoms with Crippen molar-refractivity contribution < 1.29 is 9.13 Å². The van der Waals surface area contributed by atoms with Gasteiger partial charge in [-0.2, -0.15) is 5.10 Å². The van der Waals surface area contributed by atoms with Gasteiger partial charge >= 0.3 is 0 Å². The van der Waals surface area contributed by atoms with Crippen LogP contribution in [0.1, 0.15) is 24.4 Å². The van der Waals surface area contributed by atoms with Gasteiger partial charge in [-0.3, -0.25) is 14.0 Å². The Kier molecular flexibility index (Phi) is 5.83. The normalized spacial score (nSPS) is 16.4. The van der Waals surface area contributed by atoms with Crippen LogP contribution < -0.4 is 10.5 Å². The Morgan fingerprint density at radius 1 is 1.26 bits per heavy atom. The Morgan fingerprint density at radius 2 is 2.09 bits per heavy atom. The summed E-state index contributed by atoms with van der Waals surface area (Å²) in [6.45, 7) is 5.73. The lowest BCUT2D eigenvalue weighted by Gasteiger charge is -2.33. The largest absolute Gasteiger partial charge is 0.370 e. The van der Waals surface area contributed by atoms with E-state index in [1.165, 1.54) is 6.07 Å². The number of ether oxygens (including phenoxy) is 1. The average Bonchev–Trinajstić information content (AvgIpc) is 3.26. The van der Waals surface area contributed by atoms with Gasteiger partial charge in [0.15, 0.2) is 0 Å². The quantitative estimate of drug-likeness (QED) is 0.439. The molecule has 0 aliphatic carbocycles. The van der Waals surface area contributed by atoms with Crippen molar-refractivity contribution in [2.45, 2.75) is 26.5 Å². The first-order valence-corrected chi connectivity index (χ1v) is 11.5. The first kappa shape index (κ1) is 22.5. The standard InChI is InChI=1S/C24H24ClFN6O2/c1-4-32-14(2)28-23-18(24(32)33)10-21(29-22(23)17-6-5-16(25)9-19(17)26)31-7-8-34-20(13-31)15-11-27-30(3)12-15/h5-6,9-12,20H,4,7-8,13H2,1-3H3/t20-/m1/s1. The fourth-order valence-electron chi connectivity index (χ4n) is 4.38. The minimum Gasteiger partial charge on any atom is -0.370 e. The summed E-state index contributed by atoms with van der Waals surface area (Å²) >= 11 is 5.98. The number of hydrogen-bond acceptors (Lipinski definition) is 6. The summed E-state index contributed by atoms with van der Waals surface area (Å²) < 4.78 is 24.3. The number of aryl methyl sites for hydroxylation is 2. The van der Waals surface area contributed by atoms with Crippen LogP contribution in [0.15, 0.2) is 41.5 Å². The zero-order valence-electron chi connectivity index (χ0n) is 19.1. The lowest BCUT2D eigenvalue weighted by Crippen LogP contribution is -2.39. The van der Waals surface area contributed by atoms with Gasteiger partial charge in [-0.05, 0) is 38.1 Å². The molecule has 4 aromatic rings. The molecule has 0 saturated carbocycles. The van der Waals surface area contributed by atoms with Crippen molar-refractivity contribution in [1.82, 2.24) is 24.3 Å². The number of morpholine rings is 1. The average molecular weight is 483 g/mol. The third-order valence-electron chi connectivity index (χ3n) is 6.11. The third-order valence-corrected chi connectivity index (χ3v) is 6.34. The number of halogens is 2. The van der Waals surface area contributed by atoms with Gasteiger partial charge in [0.2, 0.25) is 0 Å². The zero-order chi connectivity index (χ0) is 24.0. The van der Waals surface area contributed by atoms with Crippen molar-refractivity contribution in [3.05, 3.63) is 69.2 Å². The van der Waals surface area contributed by atoms with Crippen molar-refractivity contribution in [2.24, 2.45) is 7.05 Å². The van der Waals surface area contributed by atoms with Crippen molar-refractivity contribution in [1.29, 1.82) is 0 Å². The van der Waals surface area contributed by atoms with Crippen LogP contribution in [-0.2, 0) is 18.3 Å². The van der Waals surface area contributed by atoms with Gasteiger partial charge in [0.05, 0.1) is 18.2 Å². The van der Waals surface area contributed by atoms with Crippen LogP contribution in [0.3, 0.4) is 0 Å². The molecule has 1 aliphatic rings. The SMILES string of the molecule is CCn1c(C)nc2c(-c3ccc(Cl)cc3F)nc(N3CCO[C@@H](c4cnn(C)c4)C3)cc2c1=O. The van der Waals surface area contributed by atoms with Gasteiger partial charge in [-0.1, -0.05) is 11.6 Å². The number of pyridine rings is 1. The summed E-state index contributed by atoms with van der Waals surface area (Å²) in [4.78, 5) is 24.9. The van der Waals surface area contributed by atoms with Crippen molar-refractivity contribution >= 4 is 28.3 Å².